The molecule has 128 valence electrons. The van der Waals surface area contributed by atoms with E-state index in [0.717, 1.165) is 5.56 Å². The minimum atomic E-state index is -0.508. The zero-order valence-electron chi connectivity index (χ0n) is 13.5. The lowest BCUT2D eigenvalue weighted by molar-refractivity contribution is -0.128. The number of aromatic hydroxyl groups is 1. The van der Waals surface area contributed by atoms with Gasteiger partial charge in [0.25, 0.3) is 0 Å². The predicted octanol–water partition coefficient (Wildman–Crippen LogP) is 3.30. The molecule has 0 fully saturated rings. The fraction of sp³-hybridized carbons (Fsp3) is 0.105. The van der Waals surface area contributed by atoms with Gasteiger partial charge in [0, 0.05) is 12.1 Å². The molecule has 1 aliphatic heterocycles. The van der Waals surface area contributed by atoms with E-state index in [1.807, 2.05) is 0 Å². The Kier molecular flexibility index (Phi) is 4.89. The lowest BCUT2D eigenvalue weighted by Gasteiger charge is -2.03. The third kappa shape index (κ3) is 4.11. The quantitative estimate of drug-likeness (QED) is 0.390. The second-order valence-corrected chi connectivity index (χ2v) is 5.09. The third-order valence-corrected chi connectivity index (χ3v) is 3.40. The number of phenolic OH excluding ortho intramolecular Hbond substituents is 1. The van der Waals surface area contributed by atoms with Crippen molar-refractivity contribution in [3.05, 3.63) is 60.2 Å². The summed E-state index contributed by atoms with van der Waals surface area (Å²) in [5, 5.41) is 9.54. The van der Waals surface area contributed by atoms with Crippen LogP contribution >= 0.6 is 0 Å². The molecule has 0 spiro atoms. The molecule has 0 atom stereocenters. The monoisotopic (exact) mass is 340 g/mol. The van der Waals surface area contributed by atoms with Crippen molar-refractivity contribution in [1.82, 2.24) is 0 Å². The highest BCUT2D eigenvalue weighted by Gasteiger charge is 2.14. The molecule has 0 aromatic heterocycles. The highest BCUT2D eigenvalue weighted by molar-refractivity contribution is 5.84. The normalized spacial score (nSPS) is 12.7. The smallest absolute Gasteiger partial charge is 0.336 e. The van der Waals surface area contributed by atoms with Crippen LogP contribution in [0.5, 0.6) is 28.7 Å². The number of methoxy groups -OCH3 is 1. The first-order valence-electron chi connectivity index (χ1n) is 7.49. The topological polar surface area (TPSA) is 74.2 Å². The molecule has 2 aromatic carbocycles. The van der Waals surface area contributed by atoms with Crippen LogP contribution in [-0.4, -0.2) is 25.0 Å². The van der Waals surface area contributed by atoms with Gasteiger partial charge in [-0.25, -0.2) is 4.79 Å². The number of fused-ring (bicyclic) bond motifs is 1. The maximum atomic E-state index is 11.8. The molecule has 2 aromatic rings. The third-order valence-electron chi connectivity index (χ3n) is 3.40. The minimum Gasteiger partial charge on any atom is -0.504 e. The molecule has 25 heavy (non-hydrogen) atoms. The Morgan fingerprint density at radius 1 is 1.12 bits per heavy atom. The van der Waals surface area contributed by atoms with Crippen LogP contribution in [0.1, 0.15) is 5.56 Å². The Labute approximate surface area is 144 Å². The number of carbonyl (C=O) groups excluding carboxylic acids is 1. The lowest BCUT2D eigenvalue weighted by atomic mass is 10.2. The van der Waals surface area contributed by atoms with Gasteiger partial charge in [-0.05, 0) is 29.8 Å². The van der Waals surface area contributed by atoms with Gasteiger partial charge in [-0.3, -0.25) is 0 Å². The number of benzene rings is 2. The van der Waals surface area contributed by atoms with Crippen molar-refractivity contribution in [3.8, 4) is 28.7 Å². The zero-order valence-corrected chi connectivity index (χ0v) is 13.5. The van der Waals surface area contributed by atoms with Crippen LogP contribution in [0, 0.1) is 0 Å². The second-order valence-electron chi connectivity index (χ2n) is 5.09. The van der Waals surface area contributed by atoms with Gasteiger partial charge in [0.2, 0.25) is 6.79 Å². The van der Waals surface area contributed by atoms with Gasteiger partial charge < -0.3 is 24.1 Å². The first-order chi connectivity index (χ1) is 12.2. The summed E-state index contributed by atoms with van der Waals surface area (Å²) in [6.45, 7) is 0.166. The molecule has 0 saturated carbocycles. The molecule has 6 heteroatoms. The van der Waals surface area contributed by atoms with E-state index in [2.05, 4.69) is 0 Å². The van der Waals surface area contributed by atoms with E-state index in [-0.39, 0.29) is 12.5 Å². The maximum absolute atomic E-state index is 11.8. The van der Waals surface area contributed by atoms with E-state index in [0.29, 0.717) is 23.0 Å². The summed E-state index contributed by atoms with van der Waals surface area (Å²) < 4.78 is 20.6. The maximum Gasteiger partial charge on any atom is 0.336 e. The van der Waals surface area contributed by atoms with E-state index < -0.39 is 5.97 Å². The molecular formula is C19H16O6. The van der Waals surface area contributed by atoms with Gasteiger partial charge in [0.1, 0.15) is 5.75 Å². The van der Waals surface area contributed by atoms with Crippen molar-refractivity contribution >= 4 is 12.0 Å². The fourth-order valence-corrected chi connectivity index (χ4v) is 2.19. The molecule has 3 rings (SSSR count). The molecule has 0 bridgehead atoms. The molecule has 0 unspecified atom stereocenters. The highest BCUT2D eigenvalue weighted by atomic mass is 16.7. The molecule has 1 aliphatic rings. The summed E-state index contributed by atoms with van der Waals surface area (Å²) >= 11 is 0. The number of ether oxygens (including phenoxy) is 4. The van der Waals surface area contributed by atoms with E-state index in [1.54, 1.807) is 48.6 Å². The average molecular weight is 340 g/mol. The summed E-state index contributed by atoms with van der Waals surface area (Å²) in [5.74, 6) is 1.51. The van der Waals surface area contributed by atoms with E-state index >= 15 is 0 Å². The lowest BCUT2D eigenvalue weighted by Crippen LogP contribution is -2.03. The summed E-state index contributed by atoms with van der Waals surface area (Å²) in [6.07, 6.45) is 6.33. The standard InChI is InChI=1S/C19H16O6/c1-22-17-10-13(6-8-15(17)20)4-2-3-5-19(21)25-14-7-9-16-18(11-14)24-12-23-16/h2-11,20H,12H2,1H3/b4-2+,5-3+. The van der Waals surface area contributed by atoms with E-state index in [4.69, 9.17) is 18.9 Å². The van der Waals surface area contributed by atoms with Gasteiger partial charge in [-0.1, -0.05) is 24.3 Å². The number of hydrogen-bond acceptors (Lipinski definition) is 6. The molecule has 1 heterocycles. The molecule has 0 aliphatic carbocycles. The highest BCUT2D eigenvalue weighted by Crippen LogP contribution is 2.35. The van der Waals surface area contributed by atoms with Crippen molar-refractivity contribution in [2.45, 2.75) is 0 Å². The van der Waals surface area contributed by atoms with Gasteiger partial charge in [-0.15, -0.1) is 0 Å². The zero-order chi connectivity index (χ0) is 17.6. The van der Waals surface area contributed by atoms with E-state index in [9.17, 15) is 9.90 Å². The molecular weight excluding hydrogens is 324 g/mol. The Balaban J connectivity index is 1.57. The van der Waals surface area contributed by atoms with E-state index in [1.165, 1.54) is 19.3 Å². The number of carbonyl (C=O) groups is 1. The average Bonchev–Trinajstić information content (AvgIpc) is 3.07. The van der Waals surface area contributed by atoms with Gasteiger partial charge in [-0.2, -0.15) is 0 Å². The van der Waals surface area contributed by atoms with Crippen molar-refractivity contribution < 1.29 is 28.8 Å². The van der Waals surface area contributed by atoms with Crippen LogP contribution in [0.25, 0.3) is 6.08 Å². The Hall–Kier alpha value is -3.41. The van der Waals surface area contributed by atoms with Crippen molar-refractivity contribution in [2.24, 2.45) is 0 Å². The summed E-state index contributed by atoms with van der Waals surface area (Å²) in [5.41, 5.74) is 0.823. The first kappa shape index (κ1) is 16.4. The number of hydrogen-bond donors (Lipinski definition) is 1. The Bertz CT molecular complexity index is 838. The van der Waals surface area contributed by atoms with Gasteiger partial charge >= 0.3 is 5.97 Å². The molecule has 1 N–H and O–H groups in total. The fourth-order valence-electron chi connectivity index (χ4n) is 2.19. The molecule has 6 nitrogen and oxygen atoms in total. The molecule has 0 radical (unpaired) electrons. The summed E-state index contributed by atoms with van der Waals surface area (Å²) in [6, 6.07) is 9.88. The number of esters is 1. The predicted molar refractivity (Wildman–Crippen MR) is 91.0 cm³/mol. The summed E-state index contributed by atoms with van der Waals surface area (Å²) in [7, 11) is 1.48. The Morgan fingerprint density at radius 3 is 2.80 bits per heavy atom. The minimum absolute atomic E-state index is 0.0718. The first-order valence-corrected chi connectivity index (χ1v) is 7.49. The van der Waals surface area contributed by atoms with Crippen molar-refractivity contribution in [3.63, 3.8) is 0 Å². The van der Waals surface area contributed by atoms with Crippen molar-refractivity contribution in [1.29, 1.82) is 0 Å². The van der Waals surface area contributed by atoms with Gasteiger partial charge in [0.05, 0.1) is 7.11 Å². The van der Waals surface area contributed by atoms with Crippen molar-refractivity contribution in [2.75, 3.05) is 13.9 Å². The molecule has 0 amide bonds. The van der Waals surface area contributed by atoms with Crippen LogP contribution < -0.4 is 18.9 Å². The van der Waals surface area contributed by atoms with Crippen LogP contribution in [0.4, 0.5) is 0 Å². The van der Waals surface area contributed by atoms with Crippen LogP contribution in [0.15, 0.2) is 54.6 Å². The summed E-state index contributed by atoms with van der Waals surface area (Å²) in [4.78, 5) is 11.8. The number of allylic oxidation sites excluding steroid dienone is 2. The van der Waals surface area contributed by atoms with Crippen LogP contribution in [0.3, 0.4) is 0 Å². The number of phenols is 1. The Morgan fingerprint density at radius 2 is 1.96 bits per heavy atom. The largest absolute Gasteiger partial charge is 0.504 e. The van der Waals surface area contributed by atoms with Crippen LogP contribution in [0.2, 0.25) is 0 Å². The second kappa shape index (κ2) is 7.44. The van der Waals surface area contributed by atoms with Gasteiger partial charge in [0.15, 0.2) is 23.0 Å². The SMILES string of the molecule is COc1cc(/C=C/C=C/C(=O)Oc2ccc3c(c2)OCO3)ccc1O. The molecule has 0 saturated heterocycles. The number of rotatable bonds is 5. The van der Waals surface area contributed by atoms with Crippen LogP contribution in [-0.2, 0) is 4.79 Å².